The highest BCUT2D eigenvalue weighted by Gasteiger charge is 2.17. The third kappa shape index (κ3) is 4.55. The van der Waals surface area contributed by atoms with Gasteiger partial charge in [-0.3, -0.25) is 4.98 Å². The molecule has 0 saturated heterocycles. The number of hydrogen-bond acceptors (Lipinski definition) is 1. The zero-order chi connectivity index (χ0) is 30.3. The average molecular weight is 577 g/mol. The summed E-state index contributed by atoms with van der Waals surface area (Å²) in [5, 5.41) is 4.84. The molecule has 0 amide bonds. The van der Waals surface area contributed by atoms with Crippen LogP contribution in [0.2, 0.25) is 0 Å². The second-order valence-electron chi connectivity index (χ2n) is 11.3. The van der Waals surface area contributed by atoms with E-state index in [1.165, 1.54) is 54.8 Å². The molecule has 2 aromatic heterocycles. The van der Waals surface area contributed by atoms with Gasteiger partial charge in [-0.25, -0.2) is 0 Å². The van der Waals surface area contributed by atoms with Crippen molar-refractivity contribution in [3.63, 3.8) is 0 Å². The van der Waals surface area contributed by atoms with Crippen molar-refractivity contribution < 1.29 is 0 Å². The topological polar surface area (TPSA) is 31.9 Å². The molecule has 0 saturated carbocycles. The molecule has 3 heterocycles. The van der Waals surface area contributed by atoms with Crippen LogP contribution in [-0.2, 0) is 0 Å². The summed E-state index contributed by atoms with van der Waals surface area (Å²) in [5.41, 5.74) is 12.4. The first-order valence-electron chi connectivity index (χ1n) is 15.2. The van der Waals surface area contributed by atoms with Crippen LogP contribution >= 0.6 is 0 Å². The molecule has 0 atom stereocenters. The molecule has 7 aromatic rings. The summed E-state index contributed by atoms with van der Waals surface area (Å²) in [4.78, 5) is 4.71. The van der Waals surface area contributed by atoms with E-state index >= 15 is 0 Å². The Balaban J connectivity index is 1.25. The Kier molecular flexibility index (Phi) is 6.45. The molecule has 5 aromatic carbocycles. The van der Waals surface area contributed by atoms with Crippen LogP contribution in [0.1, 0.15) is 12.6 Å². The first-order chi connectivity index (χ1) is 22.2. The standard InChI is InChI=1S/C42H30N3/c1-3-36(4-2)45-41-25-32(30-12-10-29(11-13-30)28-8-6-5-7-9-28)15-19-38(41)39-20-16-33-24-31(14-18-37(33)42(39)45)34-17-21-40(44-27-34)35-22-23-43-26-35/h3-27H,1H2,2H3/q+1/b36-4+. The quantitative estimate of drug-likeness (QED) is 0.143. The van der Waals surface area contributed by atoms with Crippen LogP contribution in [0.4, 0.5) is 0 Å². The van der Waals surface area contributed by atoms with Crippen LogP contribution in [0.25, 0.3) is 77.2 Å². The number of fused-ring (bicyclic) bond motifs is 5. The van der Waals surface area contributed by atoms with Crippen molar-refractivity contribution in [1.29, 1.82) is 0 Å². The number of rotatable bonds is 6. The van der Waals surface area contributed by atoms with Crippen LogP contribution in [0.5, 0.6) is 0 Å². The van der Waals surface area contributed by atoms with E-state index in [9.17, 15) is 0 Å². The number of allylic oxidation sites excluding steroid dienone is 5. The number of nitrogens with zero attached hydrogens (tertiary/aromatic N) is 3. The van der Waals surface area contributed by atoms with E-state index in [2.05, 4.69) is 144 Å². The SMILES string of the molecule is C=C/C(=C\C)n1c2cc(-c3ccc(-c4ccccc4)cc3)ccc2c2ccc3cc(-c4ccc(C5=CC=[N+]=C5)nc4)ccc3c21. The highest BCUT2D eigenvalue weighted by molar-refractivity contribution is 6.20. The molecule has 0 radical (unpaired) electrons. The summed E-state index contributed by atoms with van der Waals surface area (Å²) in [5.74, 6) is 0. The largest absolute Gasteiger partial charge is 0.309 e. The van der Waals surface area contributed by atoms with Gasteiger partial charge in [0.05, 0.1) is 22.3 Å². The second kappa shape index (κ2) is 10.9. The zero-order valence-electron chi connectivity index (χ0n) is 25.0. The van der Waals surface area contributed by atoms with Crippen LogP contribution in [0.3, 0.4) is 0 Å². The second-order valence-corrected chi connectivity index (χ2v) is 11.3. The predicted octanol–water partition coefficient (Wildman–Crippen LogP) is 10.00. The van der Waals surface area contributed by atoms with Gasteiger partial charge in [0.25, 0.3) is 6.21 Å². The van der Waals surface area contributed by atoms with Gasteiger partial charge >= 0.3 is 6.21 Å². The van der Waals surface area contributed by atoms with Crippen LogP contribution in [-0.4, -0.2) is 22.0 Å². The number of aromatic nitrogens is 2. The lowest BCUT2D eigenvalue weighted by molar-refractivity contribution is 1.24. The van der Waals surface area contributed by atoms with Crippen molar-refractivity contribution in [2.45, 2.75) is 6.92 Å². The fraction of sp³-hybridized carbons (Fsp3) is 0.0238. The first-order valence-corrected chi connectivity index (χ1v) is 15.2. The van der Waals surface area contributed by atoms with E-state index in [0.717, 1.165) is 28.1 Å². The minimum atomic E-state index is 0.929. The third-order valence-corrected chi connectivity index (χ3v) is 8.78. The minimum absolute atomic E-state index is 0.929. The maximum atomic E-state index is 4.71. The van der Waals surface area contributed by atoms with Gasteiger partial charge in [0.2, 0.25) is 0 Å². The molecule has 0 unspecified atom stereocenters. The molecular weight excluding hydrogens is 546 g/mol. The van der Waals surface area contributed by atoms with E-state index in [0.29, 0.717) is 0 Å². The van der Waals surface area contributed by atoms with Crippen molar-refractivity contribution in [3.05, 3.63) is 152 Å². The first kappa shape index (κ1) is 26.6. The molecule has 1 aliphatic rings. The van der Waals surface area contributed by atoms with Gasteiger partial charge in [-0.2, -0.15) is 0 Å². The molecule has 3 heteroatoms. The molecule has 1 aliphatic heterocycles. The average Bonchev–Trinajstić information content (AvgIpc) is 3.76. The third-order valence-electron chi connectivity index (χ3n) is 8.78. The summed E-state index contributed by atoms with van der Waals surface area (Å²) < 4.78 is 6.53. The molecular formula is C42H30N3+. The van der Waals surface area contributed by atoms with E-state index in [-0.39, 0.29) is 0 Å². The number of benzene rings is 5. The Morgan fingerprint density at radius 3 is 2.04 bits per heavy atom. The van der Waals surface area contributed by atoms with E-state index in [1.54, 1.807) is 6.21 Å². The Bertz CT molecular complexity index is 2400. The normalized spacial score (nSPS) is 12.8. The number of hydrogen-bond donors (Lipinski definition) is 0. The smallest absolute Gasteiger partial charge is 0.302 e. The maximum absolute atomic E-state index is 4.71. The summed E-state index contributed by atoms with van der Waals surface area (Å²) in [6, 6.07) is 41.6. The maximum Gasteiger partial charge on any atom is 0.302 e. The Hall–Kier alpha value is -6.02. The van der Waals surface area contributed by atoms with Crippen molar-refractivity contribution >= 4 is 56.3 Å². The van der Waals surface area contributed by atoms with Crippen molar-refractivity contribution in [3.8, 4) is 33.4 Å². The molecule has 0 N–H and O–H groups in total. The van der Waals surface area contributed by atoms with Gasteiger partial charge in [-0.05, 0) is 64.4 Å². The van der Waals surface area contributed by atoms with Gasteiger partial charge in [0.1, 0.15) is 0 Å². The molecule has 0 fully saturated rings. The fourth-order valence-electron chi connectivity index (χ4n) is 6.46. The minimum Gasteiger partial charge on any atom is -0.309 e. The molecule has 0 bridgehead atoms. The molecule has 212 valence electrons. The molecule has 8 rings (SSSR count). The lowest BCUT2D eigenvalue weighted by atomic mass is 9.98. The summed E-state index contributed by atoms with van der Waals surface area (Å²) in [6.07, 6.45) is 11.6. The Labute approximate surface area is 262 Å². The fourth-order valence-corrected chi connectivity index (χ4v) is 6.46. The Morgan fingerprint density at radius 1 is 0.689 bits per heavy atom. The van der Waals surface area contributed by atoms with Crippen molar-refractivity contribution in [2.75, 3.05) is 0 Å². The Morgan fingerprint density at radius 2 is 1.36 bits per heavy atom. The lowest BCUT2D eigenvalue weighted by Crippen LogP contribution is -1.95. The lowest BCUT2D eigenvalue weighted by Gasteiger charge is -2.12. The van der Waals surface area contributed by atoms with Crippen LogP contribution in [0.15, 0.2) is 146 Å². The van der Waals surface area contributed by atoms with Crippen molar-refractivity contribution in [1.82, 2.24) is 14.2 Å². The summed E-state index contributed by atoms with van der Waals surface area (Å²) >= 11 is 0. The summed E-state index contributed by atoms with van der Waals surface area (Å²) in [7, 11) is 0. The zero-order valence-corrected chi connectivity index (χ0v) is 25.0. The van der Waals surface area contributed by atoms with Crippen LogP contribution < -0.4 is 4.67 Å². The van der Waals surface area contributed by atoms with Crippen LogP contribution in [0, 0.1) is 0 Å². The highest BCUT2D eigenvalue weighted by atomic mass is 15.0. The van der Waals surface area contributed by atoms with Gasteiger partial charge < -0.3 is 4.57 Å². The highest BCUT2D eigenvalue weighted by Crippen LogP contribution is 2.39. The molecule has 0 spiro atoms. The van der Waals surface area contributed by atoms with Gasteiger partial charge in [0.15, 0.2) is 0 Å². The van der Waals surface area contributed by atoms with Gasteiger partial charge in [-0.15, -0.1) is 4.67 Å². The molecule has 0 aliphatic carbocycles. The van der Waals surface area contributed by atoms with Crippen molar-refractivity contribution in [2.24, 2.45) is 0 Å². The molecule has 3 nitrogen and oxygen atoms in total. The summed E-state index contributed by atoms with van der Waals surface area (Å²) in [6.45, 7) is 6.26. The number of pyridine rings is 1. The monoisotopic (exact) mass is 576 g/mol. The predicted molar refractivity (Wildman–Crippen MR) is 193 cm³/mol. The van der Waals surface area contributed by atoms with E-state index < -0.39 is 0 Å². The van der Waals surface area contributed by atoms with Gasteiger partial charge in [0, 0.05) is 39.7 Å². The van der Waals surface area contributed by atoms with E-state index in [1.807, 2.05) is 24.6 Å². The van der Waals surface area contributed by atoms with Gasteiger partial charge in [-0.1, -0.05) is 110 Å². The van der Waals surface area contributed by atoms with E-state index in [4.69, 9.17) is 4.98 Å². The molecule has 45 heavy (non-hydrogen) atoms.